The molecule has 0 spiro atoms. The summed E-state index contributed by atoms with van der Waals surface area (Å²) in [6.07, 6.45) is 1.55. The lowest BCUT2D eigenvalue weighted by Crippen LogP contribution is -2.23. The molecule has 176 valence electrons. The summed E-state index contributed by atoms with van der Waals surface area (Å²) in [5, 5.41) is 11.4. The summed E-state index contributed by atoms with van der Waals surface area (Å²) in [5.41, 5.74) is 2.89. The van der Waals surface area contributed by atoms with Crippen molar-refractivity contribution in [2.45, 2.75) is 6.54 Å². The minimum atomic E-state index is -0.253. The molecule has 8 nitrogen and oxygen atoms in total. The second-order valence-electron chi connectivity index (χ2n) is 7.64. The highest BCUT2D eigenvalue weighted by Crippen LogP contribution is 2.16. The van der Waals surface area contributed by atoms with Gasteiger partial charge in [0.2, 0.25) is 5.91 Å². The van der Waals surface area contributed by atoms with E-state index in [1.54, 1.807) is 91.2 Å². The molecule has 4 N–H and O–H groups in total. The molecule has 4 rings (SSSR count). The van der Waals surface area contributed by atoms with Gasteiger partial charge in [0.25, 0.3) is 11.8 Å². The molecular formula is C27H24N4O4. The third-order valence-electron chi connectivity index (χ3n) is 5.04. The Hall–Kier alpha value is -4.85. The summed E-state index contributed by atoms with van der Waals surface area (Å²) in [6.45, 7) is 0.341. The number of benzene rings is 3. The molecular weight excluding hydrogens is 444 g/mol. The zero-order valence-corrected chi connectivity index (χ0v) is 18.8. The SMILES string of the molecule is O=C(CNc1ccc(C(=O)NCc2ccco2)cc1)Nc1cccc(NC(=O)c2ccccc2)c1. The molecule has 8 heteroatoms. The van der Waals surface area contributed by atoms with Gasteiger partial charge in [-0.25, -0.2) is 0 Å². The predicted molar refractivity (Wildman–Crippen MR) is 134 cm³/mol. The first kappa shape index (κ1) is 23.3. The lowest BCUT2D eigenvalue weighted by atomic mass is 10.2. The Morgan fingerprint density at radius 1 is 0.657 bits per heavy atom. The van der Waals surface area contributed by atoms with Crippen LogP contribution < -0.4 is 21.3 Å². The summed E-state index contributed by atoms with van der Waals surface area (Å²) in [5.74, 6) is -0.0256. The van der Waals surface area contributed by atoms with Crippen LogP contribution in [-0.2, 0) is 11.3 Å². The molecule has 0 atom stereocenters. The molecule has 0 aliphatic carbocycles. The van der Waals surface area contributed by atoms with Crippen LogP contribution in [0.15, 0.2) is 102 Å². The first-order valence-corrected chi connectivity index (χ1v) is 11.0. The van der Waals surface area contributed by atoms with Crippen molar-refractivity contribution in [3.63, 3.8) is 0 Å². The van der Waals surface area contributed by atoms with Gasteiger partial charge in [0.05, 0.1) is 19.4 Å². The number of anilines is 3. The molecule has 0 bridgehead atoms. The van der Waals surface area contributed by atoms with E-state index in [0.29, 0.717) is 40.5 Å². The van der Waals surface area contributed by atoms with Crippen molar-refractivity contribution in [2.24, 2.45) is 0 Å². The standard InChI is InChI=1S/C27H24N4O4/c32-25(30-22-8-4-9-23(16-22)31-27(34)19-6-2-1-3-7-19)18-28-21-13-11-20(12-14-21)26(33)29-17-24-10-5-15-35-24/h1-16,28H,17-18H2,(H,29,33)(H,30,32)(H,31,34). The quantitative estimate of drug-likeness (QED) is 0.289. The van der Waals surface area contributed by atoms with E-state index in [4.69, 9.17) is 4.42 Å². The normalized spacial score (nSPS) is 10.3. The maximum atomic E-state index is 12.4. The molecule has 1 aromatic heterocycles. The fraction of sp³-hybridized carbons (Fsp3) is 0.0741. The summed E-state index contributed by atoms with van der Waals surface area (Å²) in [4.78, 5) is 36.9. The molecule has 3 amide bonds. The monoisotopic (exact) mass is 468 g/mol. The molecule has 4 aromatic rings. The van der Waals surface area contributed by atoms with Crippen molar-refractivity contribution < 1.29 is 18.8 Å². The van der Waals surface area contributed by atoms with Gasteiger partial charge in [-0.05, 0) is 66.7 Å². The van der Waals surface area contributed by atoms with Crippen molar-refractivity contribution >= 4 is 34.8 Å². The van der Waals surface area contributed by atoms with Crippen LogP contribution in [0.5, 0.6) is 0 Å². The smallest absolute Gasteiger partial charge is 0.255 e. The molecule has 3 aromatic carbocycles. The largest absolute Gasteiger partial charge is 0.467 e. The lowest BCUT2D eigenvalue weighted by molar-refractivity contribution is -0.114. The van der Waals surface area contributed by atoms with Crippen molar-refractivity contribution in [3.05, 3.63) is 114 Å². The van der Waals surface area contributed by atoms with Gasteiger partial charge in [0.15, 0.2) is 0 Å². The summed E-state index contributed by atoms with van der Waals surface area (Å²) in [6, 6.07) is 26.2. The Morgan fingerprint density at radius 3 is 2.09 bits per heavy atom. The number of furan rings is 1. The average Bonchev–Trinajstić information content (AvgIpc) is 3.41. The Balaban J connectivity index is 1.25. The predicted octanol–water partition coefficient (Wildman–Crippen LogP) is 4.51. The van der Waals surface area contributed by atoms with Gasteiger partial charge in [-0.15, -0.1) is 0 Å². The highest BCUT2D eigenvalue weighted by Gasteiger charge is 2.09. The molecule has 0 fully saturated rings. The molecule has 0 unspecified atom stereocenters. The van der Waals surface area contributed by atoms with Gasteiger partial charge >= 0.3 is 0 Å². The first-order valence-electron chi connectivity index (χ1n) is 11.0. The highest BCUT2D eigenvalue weighted by molar-refractivity contribution is 6.04. The number of hydrogen-bond acceptors (Lipinski definition) is 5. The average molecular weight is 469 g/mol. The van der Waals surface area contributed by atoms with E-state index in [2.05, 4.69) is 21.3 Å². The van der Waals surface area contributed by atoms with Gasteiger partial charge in [0, 0.05) is 28.2 Å². The number of carbonyl (C=O) groups is 3. The zero-order chi connectivity index (χ0) is 24.5. The van der Waals surface area contributed by atoms with Crippen LogP contribution in [0.3, 0.4) is 0 Å². The summed E-state index contributed by atoms with van der Waals surface area (Å²) < 4.78 is 5.20. The Labute approximate surface area is 202 Å². The zero-order valence-electron chi connectivity index (χ0n) is 18.8. The van der Waals surface area contributed by atoms with Crippen LogP contribution in [0.4, 0.5) is 17.1 Å². The number of nitrogens with one attached hydrogen (secondary N) is 4. The van der Waals surface area contributed by atoms with Gasteiger partial charge in [-0.3, -0.25) is 14.4 Å². The van der Waals surface area contributed by atoms with Crippen LogP contribution in [0.1, 0.15) is 26.5 Å². The Kier molecular flexibility index (Phi) is 7.55. The number of hydrogen-bond donors (Lipinski definition) is 4. The topological polar surface area (TPSA) is 112 Å². The van der Waals surface area contributed by atoms with Gasteiger partial charge in [-0.1, -0.05) is 24.3 Å². The van der Waals surface area contributed by atoms with Crippen LogP contribution in [0.2, 0.25) is 0 Å². The van der Waals surface area contributed by atoms with Crippen LogP contribution in [-0.4, -0.2) is 24.3 Å². The van der Waals surface area contributed by atoms with Gasteiger partial charge in [0.1, 0.15) is 5.76 Å². The van der Waals surface area contributed by atoms with E-state index < -0.39 is 0 Å². The van der Waals surface area contributed by atoms with Crippen LogP contribution >= 0.6 is 0 Å². The second-order valence-corrected chi connectivity index (χ2v) is 7.64. The fourth-order valence-electron chi connectivity index (χ4n) is 3.28. The van der Waals surface area contributed by atoms with Crippen molar-refractivity contribution in [1.82, 2.24) is 5.32 Å². The number of carbonyl (C=O) groups excluding carboxylic acids is 3. The molecule has 1 heterocycles. The maximum Gasteiger partial charge on any atom is 0.255 e. The van der Waals surface area contributed by atoms with E-state index in [9.17, 15) is 14.4 Å². The highest BCUT2D eigenvalue weighted by atomic mass is 16.3. The Bertz CT molecular complexity index is 1290. The van der Waals surface area contributed by atoms with E-state index in [1.807, 2.05) is 6.07 Å². The molecule has 0 saturated carbocycles. The van der Waals surface area contributed by atoms with E-state index >= 15 is 0 Å². The van der Waals surface area contributed by atoms with Crippen molar-refractivity contribution in [1.29, 1.82) is 0 Å². The van der Waals surface area contributed by atoms with Crippen LogP contribution in [0, 0.1) is 0 Å². The molecule has 0 radical (unpaired) electrons. The minimum absolute atomic E-state index is 0.0324. The third kappa shape index (κ3) is 6.82. The maximum absolute atomic E-state index is 12.4. The molecule has 35 heavy (non-hydrogen) atoms. The van der Waals surface area contributed by atoms with Crippen molar-refractivity contribution in [3.8, 4) is 0 Å². The van der Waals surface area contributed by atoms with Crippen molar-refractivity contribution in [2.75, 3.05) is 22.5 Å². The summed E-state index contributed by atoms with van der Waals surface area (Å²) >= 11 is 0. The van der Waals surface area contributed by atoms with E-state index in [0.717, 1.165) is 0 Å². The fourth-order valence-corrected chi connectivity index (χ4v) is 3.28. The minimum Gasteiger partial charge on any atom is -0.467 e. The van der Waals surface area contributed by atoms with Gasteiger partial charge < -0.3 is 25.7 Å². The lowest BCUT2D eigenvalue weighted by Gasteiger charge is -2.10. The third-order valence-corrected chi connectivity index (χ3v) is 5.04. The summed E-state index contributed by atoms with van der Waals surface area (Å²) in [7, 11) is 0. The number of amides is 3. The second kappa shape index (κ2) is 11.3. The van der Waals surface area contributed by atoms with E-state index in [-0.39, 0.29) is 24.3 Å². The van der Waals surface area contributed by atoms with Crippen LogP contribution in [0.25, 0.3) is 0 Å². The number of rotatable bonds is 9. The molecule has 0 aliphatic heterocycles. The Morgan fingerprint density at radius 2 is 1.37 bits per heavy atom. The van der Waals surface area contributed by atoms with Gasteiger partial charge in [-0.2, -0.15) is 0 Å². The first-order chi connectivity index (χ1) is 17.1. The molecule has 0 aliphatic rings. The van der Waals surface area contributed by atoms with E-state index in [1.165, 1.54) is 0 Å². The molecule has 0 saturated heterocycles.